The molecule has 2 rings (SSSR count). The van der Waals surface area contributed by atoms with Crippen molar-refractivity contribution < 1.29 is 28.2 Å². The zero-order chi connectivity index (χ0) is 18.4. The van der Waals surface area contributed by atoms with Gasteiger partial charge in [-0.05, 0) is 38.4 Å². The molecule has 0 radical (unpaired) electrons. The van der Waals surface area contributed by atoms with Crippen molar-refractivity contribution >= 4 is 11.9 Å². The van der Waals surface area contributed by atoms with E-state index in [0.29, 0.717) is 19.5 Å². The Labute approximate surface area is 145 Å². The number of alkyl halides is 2. The fourth-order valence-corrected chi connectivity index (χ4v) is 3.08. The van der Waals surface area contributed by atoms with Crippen LogP contribution in [-0.2, 0) is 4.79 Å². The van der Waals surface area contributed by atoms with E-state index >= 15 is 0 Å². The van der Waals surface area contributed by atoms with Gasteiger partial charge in [-0.3, -0.25) is 14.5 Å². The van der Waals surface area contributed by atoms with E-state index in [1.165, 1.54) is 18.2 Å². The Kier molecular flexibility index (Phi) is 6.69. The van der Waals surface area contributed by atoms with E-state index in [2.05, 4.69) is 4.74 Å². The average molecular weight is 356 g/mol. The minimum absolute atomic E-state index is 0.0519. The van der Waals surface area contributed by atoms with E-state index in [-0.39, 0.29) is 29.8 Å². The first kappa shape index (κ1) is 19.1. The third-order valence-corrected chi connectivity index (χ3v) is 4.33. The number of halogens is 2. The molecule has 0 saturated carbocycles. The molecule has 25 heavy (non-hydrogen) atoms. The molecule has 1 aliphatic rings. The highest BCUT2D eigenvalue weighted by molar-refractivity contribution is 5.97. The second-order valence-electron chi connectivity index (χ2n) is 6.06. The zero-order valence-electron chi connectivity index (χ0n) is 14.0. The van der Waals surface area contributed by atoms with E-state index in [0.717, 1.165) is 12.8 Å². The lowest BCUT2D eigenvalue weighted by Crippen LogP contribution is -2.37. The van der Waals surface area contributed by atoms with Crippen LogP contribution in [0.1, 0.15) is 29.6 Å². The number of hydrogen-bond donors (Lipinski definition) is 1. The molecule has 6 nitrogen and oxygen atoms in total. The van der Waals surface area contributed by atoms with Crippen molar-refractivity contribution in [3.8, 4) is 5.75 Å². The fourth-order valence-electron chi connectivity index (χ4n) is 3.08. The lowest BCUT2D eigenvalue weighted by atomic mass is 10.1. The Hall–Kier alpha value is -2.22. The van der Waals surface area contributed by atoms with Gasteiger partial charge in [-0.1, -0.05) is 12.1 Å². The fraction of sp³-hybridized carbons (Fsp3) is 0.529. The number of aliphatic carboxylic acids is 1. The molecule has 1 N–H and O–H groups in total. The van der Waals surface area contributed by atoms with Crippen LogP contribution in [0.5, 0.6) is 5.75 Å². The van der Waals surface area contributed by atoms with E-state index in [1.807, 2.05) is 0 Å². The number of hydrogen-bond acceptors (Lipinski definition) is 4. The summed E-state index contributed by atoms with van der Waals surface area (Å²) >= 11 is 0. The van der Waals surface area contributed by atoms with Crippen molar-refractivity contribution in [1.29, 1.82) is 0 Å². The topological polar surface area (TPSA) is 70.1 Å². The number of likely N-dealkylation sites (tertiary alicyclic amines) is 1. The highest BCUT2D eigenvalue weighted by atomic mass is 19.3. The number of nitrogens with zero attached hydrogens (tertiary/aromatic N) is 2. The summed E-state index contributed by atoms with van der Waals surface area (Å²) in [5.41, 5.74) is 0.111. The maximum Gasteiger partial charge on any atom is 0.387 e. The monoisotopic (exact) mass is 356 g/mol. The molecule has 0 bridgehead atoms. The lowest BCUT2D eigenvalue weighted by molar-refractivity contribution is -0.138. The molecular formula is C17H22F2N2O4. The molecule has 1 aliphatic heterocycles. The molecule has 1 aromatic carbocycles. The van der Waals surface area contributed by atoms with Crippen LogP contribution in [0.15, 0.2) is 24.3 Å². The maximum atomic E-state index is 12.7. The van der Waals surface area contributed by atoms with Crippen LogP contribution < -0.4 is 4.74 Å². The largest absolute Gasteiger partial charge is 0.480 e. The molecule has 0 aromatic heterocycles. The van der Waals surface area contributed by atoms with Gasteiger partial charge in [0.2, 0.25) is 0 Å². The minimum Gasteiger partial charge on any atom is -0.480 e. The summed E-state index contributed by atoms with van der Waals surface area (Å²) in [7, 11) is 1.75. The molecular weight excluding hydrogens is 334 g/mol. The van der Waals surface area contributed by atoms with E-state index in [9.17, 15) is 18.4 Å². The molecule has 0 aliphatic carbocycles. The Morgan fingerprint density at radius 2 is 2.04 bits per heavy atom. The van der Waals surface area contributed by atoms with E-state index < -0.39 is 12.6 Å². The molecule has 1 unspecified atom stereocenters. The van der Waals surface area contributed by atoms with Gasteiger partial charge < -0.3 is 14.7 Å². The maximum absolute atomic E-state index is 12.7. The predicted octanol–water partition coefficient (Wildman–Crippen LogP) is 2.30. The summed E-state index contributed by atoms with van der Waals surface area (Å²) in [5.74, 6) is -1.37. The number of rotatable bonds is 6. The van der Waals surface area contributed by atoms with Crippen LogP contribution in [0.4, 0.5) is 8.78 Å². The number of ether oxygens (including phenoxy) is 1. The third kappa shape index (κ3) is 5.38. The summed E-state index contributed by atoms with van der Waals surface area (Å²) in [6, 6.07) is 6.03. The average Bonchev–Trinajstić information content (AvgIpc) is 2.79. The Morgan fingerprint density at radius 3 is 2.72 bits per heavy atom. The number of carboxylic acids is 1. The molecule has 1 atom stereocenters. The van der Waals surface area contributed by atoms with Gasteiger partial charge in [0.15, 0.2) is 0 Å². The smallest absolute Gasteiger partial charge is 0.387 e. The summed E-state index contributed by atoms with van der Waals surface area (Å²) in [6.45, 7) is -2.11. The van der Waals surface area contributed by atoms with Crippen LogP contribution in [0.25, 0.3) is 0 Å². The van der Waals surface area contributed by atoms with Gasteiger partial charge in [-0.15, -0.1) is 0 Å². The Morgan fingerprint density at radius 1 is 1.32 bits per heavy atom. The lowest BCUT2D eigenvalue weighted by Gasteiger charge is -2.26. The normalized spacial score (nSPS) is 18.3. The van der Waals surface area contributed by atoms with E-state index in [4.69, 9.17) is 5.11 Å². The third-order valence-electron chi connectivity index (χ3n) is 4.33. The Balaban J connectivity index is 2.05. The van der Waals surface area contributed by atoms with Gasteiger partial charge in [0.1, 0.15) is 5.75 Å². The summed E-state index contributed by atoms with van der Waals surface area (Å²) < 4.78 is 29.5. The molecule has 138 valence electrons. The Bertz CT molecular complexity index is 612. The molecule has 0 spiro atoms. The minimum atomic E-state index is -2.99. The number of amides is 1. The quantitative estimate of drug-likeness (QED) is 0.847. The summed E-state index contributed by atoms with van der Waals surface area (Å²) in [5, 5.41) is 8.89. The van der Waals surface area contributed by atoms with E-state index in [1.54, 1.807) is 22.9 Å². The van der Waals surface area contributed by atoms with Gasteiger partial charge in [0, 0.05) is 19.1 Å². The highest BCUT2D eigenvalue weighted by Gasteiger charge is 2.26. The van der Waals surface area contributed by atoms with Gasteiger partial charge in [0.05, 0.1) is 12.1 Å². The van der Waals surface area contributed by atoms with Crippen LogP contribution in [-0.4, -0.2) is 66.1 Å². The van der Waals surface area contributed by atoms with Crippen molar-refractivity contribution in [2.24, 2.45) is 0 Å². The summed E-state index contributed by atoms with van der Waals surface area (Å²) in [6.07, 6.45) is 2.13. The van der Waals surface area contributed by atoms with Crippen LogP contribution in [0, 0.1) is 0 Å². The van der Waals surface area contributed by atoms with Crippen LogP contribution in [0.2, 0.25) is 0 Å². The molecule has 1 heterocycles. The first-order valence-corrected chi connectivity index (χ1v) is 8.13. The standard InChI is InChI=1S/C17H22F2N2O4/c1-20(11-15(22)23)12-5-4-9-21(10-8-12)16(24)13-6-2-3-7-14(13)25-17(18)19/h2-3,6-7,12,17H,4-5,8-11H2,1H3,(H,22,23). The number of benzene rings is 1. The van der Waals surface area contributed by atoms with Crippen molar-refractivity contribution in [3.05, 3.63) is 29.8 Å². The van der Waals surface area contributed by atoms with Gasteiger partial charge in [0.25, 0.3) is 5.91 Å². The number of carbonyl (C=O) groups excluding carboxylic acids is 1. The molecule has 1 amide bonds. The second-order valence-corrected chi connectivity index (χ2v) is 6.06. The molecule has 1 aromatic rings. The van der Waals surface area contributed by atoms with Gasteiger partial charge >= 0.3 is 12.6 Å². The van der Waals surface area contributed by atoms with Crippen molar-refractivity contribution in [2.45, 2.75) is 31.9 Å². The number of carboxylic acid groups (broad SMARTS) is 1. The summed E-state index contributed by atoms with van der Waals surface area (Å²) in [4.78, 5) is 26.9. The zero-order valence-corrected chi connectivity index (χ0v) is 14.0. The highest BCUT2D eigenvalue weighted by Crippen LogP contribution is 2.24. The van der Waals surface area contributed by atoms with Crippen molar-refractivity contribution in [1.82, 2.24) is 9.80 Å². The SMILES string of the molecule is CN(CC(=O)O)C1CCCN(C(=O)c2ccccc2OC(F)F)CC1. The molecule has 1 fully saturated rings. The number of likely N-dealkylation sites (N-methyl/N-ethyl adjacent to an activating group) is 1. The predicted molar refractivity (Wildman–Crippen MR) is 86.9 cm³/mol. The van der Waals surface area contributed by atoms with Crippen LogP contribution in [0.3, 0.4) is 0 Å². The van der Waals surface area contributed by atoms with Crippen molar-refractivity contribution in [3.63, 3.8) is 0 Å². The van der Waals surface area contributed by atoms with Gasteiger partial charge in [-0.2, -0.15) is 8.78 Å². The number of para-hydroxylation sites is 1. The van der Waals surface area contributed by atoms with Crippen LogP contribution >= 0.6 is 0 Å². The van der Waals surface area contributed by atoms with Crippen molar-refractivity contribution in [2.75, 3.05) is 26.7 Å². The second kappa shape index (κ2) is 8.75. The molecule has 1 saturated heterocycles. The first-order valence-electron chi connectivity index (χ1n) is 8.13. The first-order chi connectivity index (χ1) is 11.9. The number of carbonyl (C=O) groups is 2. The van der Waals surface area contributed by atoms with Gasteiger partial charge in [-0.25, -0.2) is 0 Å². The molecule has 8 heteroatoms.